The minimum absolute atomic E-state index is 0.0742. The summed E-state index contributed by atoms with van der Waals surface area (Å²) >= 11 is 0. The van der Waals surface area contributed by atoms with Crippen LogP contribution in [0.3, 0.4) is 0 Å². The van der Waals surface area contributed by atoms with Gasteiger partial charge in [0.15, 0.2) is 0 Å². The lowest BCUT2D eigenvalue weighted by Crippen LogP contribution is -2.48. The molecule has 3 aromatic rings. The van der Waals surface area contributed by atoms with E-state index in [1.54, 1.807) is 0 Å². The Kier molecular flexibility index (Phi) is 5.92. The van der Waals surface area contributed by atoms with Crippen molar-refractivity contribution in [2.45, 2.75) is 48.8 Å². The van der Waals surface area contributed by atoms with E-state index in [1.165, 1.54) is 75.4 Å². The number of aromatic amines is 1. The van der Waals surface area contributed by atoms with Crippen molar-refractivity contribution in [2.75, 3.05) is 7.05 Å². The van der Waals surface area contributed by atoms with Crippen molar-refractivity contribution in [3.05, 3.63) is 80.5 Å². The van der Waals surface area contributed by atoms with Gasteiger partial charge in [-0.25, -0.2) is 22.5 Å². The SMILES string of the molecule is CNS(=O)(=O)c1ccc(N=Cc2c(O)n(-c3ccc(C45CC6CC(CC(C6)C4)C5)cc3)c(=O)[nH]c2=O)cc1. The Balaban J connectivity index is 1.30. The smallest absolute Gasteiger partial charge is 0.335 e. The maximum atomic E-state index is 12.7. The summed E-state index contributed by atoms with van der Waals surface area (Å²) < 4.78 is 27.1. The zero-order valence-corrected chi connectivity index (χ0v) is 21.9. The molecule has 0 saturated heterocycles. The highest BCUT2D eigenvalue weighted by atomic mass is 32.2. The van der Waals surface area contributed by atoms with Crippen LogP contribution in [-0.2, 0) is 15.4 Å². The molecule has 4 aliphatic rings. The summed E-state index contributed by atoms with van der Waals surface area (Å²) in [5.41, 5.74) is 0.640. The lowest BCUT2D eigenvalue weighted by Gasteiger charge is -2.57. The summed E-state index contributed by atoms with van der Waals surface area (Å²) in [5.74, 6) is 1.94. The molecule has 10 heteroatoms. The number of rotatable bonds is 6. The van der Waals surface area contributed by atoms with Gasteiger partial charge in [0.25, 0.3) is 5.56 Å². The molecule has 1 aromatic heterocycles. The summed E-state index contributed by atoms with van der Waals surface area (Å²) in [5, 5.41) is 10.9. The lowest BCUT2D eigenvalue weighted by atomic mass is 9.48. The van der Waals surface area contributed by atoms with Crippen molar-refractivity contribution in [2.24, 2.45) is 22.7 Å². The molecule has 4 bridgehead atoms. The molecule has 0 amide bonds. The van der Waals surface area contributed by atoms with Crippen molar-refractivity contribution in [1.29, 1.82) is 0 Å². The van der Waals surface area contributed by atoms with Crippen LogP contribution >= 0.6 is 0 Å². The van der Waals surface area contributed by atoms with Crippen molar-refractivity contribution in [1.82, 2.24) is 14.3 Å². The second kappa shape index (κ2) is 9.06. The molecule has 38 heavy (non-hydrogen) atoms. The van der Waals surface area contributed by atoms with E-state index in [0.717, 1.165) is 28.5 Å². The van der Waals surface area contributed by atoms with E-state index < -0.39 is 27.2 Å². The third-order valence-corrected chi connectivity index (χ3v) is 10.1. The Labute approximate surface area is 220 Å². The van der Waals surface area contributed by atoms with Crippen LogP contribution in [0, 0.1) is 17.8 Å². The van der Waals surface area contributed by atoms with Gasteiger partial charge < -0.3 is 5.11 Å². The number of hydrogen-bond acceptors (Lipinski definition) is 6. The quantitative estimate of drug-likeness (QED) is 0.417. The summed E-state index contributed by atoms with van der Waals surface area (Å²) in [4.78, 5) is 31.7. The van der Waals surface area contributed by atoms with E-state index in [-0.39, 0.29) is 15.9 Å². The fourth-order valence-electron chi connectivity index (χ4n) is 7.29. The monoisotopic (exact) mass is 534 g/mol. The van der Waals surface area contributed by atoms with Crippen LogP contribution in [0.1, 0.15) is 49.7 Å². The standard InChI is InChI=1S/C28H30N4O5S/c1-29-38(36,37)23-8-4-21(5-9-23)30-16-24-25(33)31-27(35)32(26(24)34)22-6-2-20(3-7-22)28-13-17-10-18(14-28)12-19(11-17)15-28/h2-9,16-19,29,34H,10-15H2,1H3,(H,31,33,35). The largest absolute Gasteiger partial charge is 0.493 e. The highest BCUT2D eigenvalue weighted by molar-refractivity contribution is 7.89. The van der Waals surface area contributed by atoms with E-state index in [9.17, 15) is 23.1 Å². The number of benzene rings is 2. The van der Waals surface area contributed by atoms with Crippen molar-refractivity contribution in [3.63, 3.8) is 0 Å². The Bertz CT molecular complexity index is 1600. The highest BCUT2D eigenvalue weighted by Crippen LogP contribution is 2.60. The van der Waals surface area contributed by atoms with E-state index >= 15 is 0 Å². The van der Waals surface area contributed by atoms with Crippen LogP contribution in [0.15, 0.2) is 68.0 Å². The molecule has 0 radical (unpaired) electrons. The van der Waals surface area contributed by atoms with Gasteiger partial charge in [-0.15, -0.1) is 0 Å². The number of hydrogen-bond donors (Lipinski definition) is 3. The van der Waals surface area contributed by atoms with Gasteiger partial charge in [-0.3, -0.25) is 14.8 Å². The molecule has 0 atom stereocenters. The molecule has 0 unspecified atom stereocenters. The first kappa shape index (κ1) is 24.8. The first-order valence-electron chi connectivity index (χ1n) is 12.9. The molecule has 4 saturated carbocycles. The predicted molar refractivity (Wildman–Crippen MR) is 144 cm³/mol. The normalized spacial score (nSPS) is 26.3. The second-order valence-electron chi connectivity index (χ2n) is 11.0. The van der Waals surface area contributed by atoms with Gasteiger partial charge in [0, 0.05) is 6.21 Å². The fourth-order valence-corrected chi connectivity index (χ4v) is 8.02. The van der Waals surface area contributed by atoms with Crippen LogP contribution in [0.25, 0.3) is 5.69 Å². The number of aromatic hydroxyl groups is 1. The number of nitrogens with zero attached hydrogens (tertiary/aromatic N) is 2. The number of nitrogens with one attached hydrogen (secondary N) is 2. The maximum Gasteiger partial charge on any atom is 0.335 e. The van der Waals surface area contributed by atoms with Crippen LogP contribution in [0.4, 0.5) is 5.69 Å². The molecular formula is C28H30N4O5S. The van der Waals surface area contributed by atoms with E-state index in [2.05, 4.69) is 26.8 Å². The predicted octanol–water partition coefficient (Wildman–Crippen LogP) is 3.36. The molecule has 4 aliphatic carbocycles. The third-order valence-electron chi connectivity index (χ3n) is 8.66. The summed E-state index contributed by atoms with van der Waals surface area (Å²) in [7, 11) is -2.27. The first-order valence-corrected chi connectivity index (χ1v) is 14.4. The van der Waals surface area contributed by atoms with Gasteiger partial charge in [-0.2, -0.15) is 0 Å². The Morgan fingerprint density at radius 2 is 1.55 bits per heavy atom. The Morgan fingerprint density at radius 1 is 0.974 bits per heavy atom. The summed E-state index contributed by atoms with van der Waals surface area (Å²) in [6, 6.07) is 13.5. The highest BCUT2D eigenvalue weighted by Gasteiger charge is 2.51. The molecule has 1 heterocycles. The van der Waals surface area contributed by atoms with Crippen molar-refractivity contribution >= 4 is 21.9 Å². The van der Waals surface area contributed by atoms with E-state index in [1.807, 2.05) is 12.1 Å². The van der Waals surface area contributed by atoms with Gasteiger partial charge in [0.1, 0.15) is 5.56 Å². The Hall–Kier alpha value is -3.50. The molecule has 0 spiro atoms. The third kappa shape index (κ3) is 4.21. The van der Waals surface area contributed by atoms with Crippen LogP contribution < -0.4 is 16.0 Å². The number of sulfonamides is 1. The molecular weight excluding hydrogens is 504 g/mol. The van der Waals surface area contributed by atoms with Gasteiger partial charge in [-0.05, 0) is 111 Å². The Morgan fingerprint density at radius 3 is 2.11 bits per heavy atom. The molecule has 0 aliphatic heterocycles. The average molecular weight is 535 g/mol. The minimum Gasteiger partial charge on any atom is -0.493 e. The van der Waals surface area contributed by atoms with E-state index in [4.69, 9.17) is 0 Å². The number of H-pyrrole nitrogens is 1. The fraction of sp³-hybridized carbons (Fsp3) is 0.393. The average Bonchev–Trinajstić information content (AvgIpc) is 2.88. The topological polar surface area (TPSA) is 134 Å². The van der Waals surface area contributed by atoms with Gasteiger partial charge in [0.05, 0.1) is 16.3 Å². The van der Waals surface area contributed by atoms with Crippen LogP contribution in [0.2, 0.25) is 0 Å². The molecule has 9 nitrogen and oxygen atoms in total. The molecule has 4 fully saturated rings. The van der Waals surface area contributed by atoms with E-state index in [0.29, 0.717) is 11.4 Å². The summed E-state index contributed by atoms with van der Waals surface area (Å²) in [6.07, 6.45) is 8.93. The number of aliphatic imine (C=N–C) groups is 1. The van der Waals surface area contributed by atoms with Crippen LogP contribution in [-0.4, -0.2) is 36.3 Å². The molecule has 7 rings (SSSR count). The van der Waals surface area contributed by atoms with Crippen molar-refractivity contribution in [3.8, 4) is 11.6 Å². The van der Waals surface area contributed by atoms with Gasteiger partial charge in [0.2, 0.25) is 15.9 Å². The first-order chi connectivity index (χ1) is 18.2. The van der Waals surface area contributed by atoms with Gasteiger partial charge in [-0.1, -0.05) is 12.1 Å². The minimum atomic E-state index is -3.59. The molecule has 198 valence electrons. The van der Waals surface area contributed by atoms with Crippen molar-refractivity contribution < 1.29 is 13.5 Å². The number of aromatic nitrogens is 2. The zero-order valence-electron chi connectivity index (χ0n) is 21.1. The second-order valence-corrected chi connectivity index (χ2v) is 12.9. The van der Waals surface area contributed by atoms with Crippen LogP contribution in [0.5, 0.6) is 5.88 Å². The lowest BCUT2D eigenvalue weighted by molar-refractivity contribution is -0.00518. The zero-order chi connectivity index (χ0) is 26.7. The molecule has 3 N–H and O–H groups in total. The maximum absolute atomic E-state index is 12.7. The molecule has 2 aromatic carbocycles. The summed E-state index contributed by atoms with van der Waals surface area (Å²) in [6.45, 7) is 0. The van der Waals surface area contributed by atoms with Gasteiger partial charge >= 0.3 is 5.69 Å².